The molecule has 1 atom stereocenters. The number of hydrogen-bond acceptors (Lipinski definition) is 6. The number of aromatic nitrogens is 3. The van der Waals surface area contributed by atoms with E-state index in [-0.39, 0.29) is 17.9 Å². The van der Waals surface area contributed by atoms with E-state index in [4.69, 9.17) is 33.7 Å². The molecule has 1 amide bonds. The second-order valence-corrected chi connectivity index (χ2v) is 6.04. The van der Waals surface area contributed by atoms with E-state index >= 15 is 0 Å². The Bertz CT molecular complexity index is 815. The molecule has 2 heterocycles. The second-order valence-electron chi connectivity index (χ2n) is 5.36. The standard InChI is InChI=1S/C16H15Cl2N5O2/c17-2-1-14(24)23-3-4-25-8-13(23)10-5-11(7-12(18)6-10)15-20-9-21-16(19)22-15/h1-2,5-7,9,13H,3-4,8H2,(H2,19,20,21,22)/b2-1+/t13-/m1/s1. The number of rotatable bonds is 3. The molecule has 9 heteroatoms. The van der Waals surface area contributed by atoms with Crippen LogP contribution in [0.1, 0.15) is 11.6 Å². The van der Waals surface area contributed by atoms with Crippen molar-refractivity contribution in [1.29, 1.82) is 0 Å². The van der Waals surface area contributed by atoms with Gasteiger partial charge in [0, 0.05) is 28.7 Å². The number of benzene rings is 1. The highest BCUT2D eigenvalue weighted by molar-refractivity contribution is 6.31. The molecule has 0 unspecified atom stereocenters. The molecule has 0 aliphatic carbocycles. The van der Waals surface area contributed by atoms with Crippen LogP contribution >= 0.6 is 23.2 Å². The number of nitrogen functional groups attached to an aromatic ring is 1. The molecular formula is C16H15Cl2N5O2. The third-order valence-electron chi connectivity index (χ3n) is 3.77. The molecule has 1 aromatic carbocycles. The lowest BCUT2D eigenvalue weighted by Crippen LogP contribution is -2.42. The van der Waals surface area contributed by atoms with E-state index < -0.39 is 0 Å². The molecule has 0 bridgehead atoms. The maximum Gasteiger partial charge on any atom is 0.248 e. The molecule has 130 valence electrons. The normalized spacial score (nSPS) is 17.8. The third-order valence-corrected chi connectivity index (χ3v) is 4.11. The van der Waals surface area contributed by atoms with E-state index in [0.717, 1.165) is 5.56 Å². The van der Waals surface area contributed by atoms with Crippen LogP contribution in [0.5, 0.6) is 0 Å². The summed E-state index contributed by atoms with van der Waals surface area (Å²) in [6.45, 7) is 1.29. The first-order valence-corrected chi connectivity index (χ1v) is 8.30. The zero-order chi connectivity index (χ0) is 17.8. The van der Waals surface area contributed by atoms with Crippen LogP contribution in [0.3, 0.4) is 0 Å². The Balaban J connectivity index is 1.99. The molecule has 1 saturated heterocycles. The van der Waals surface area contributed by atoms with Crippen LogP contribution in [0.25, 0.3) is 11.4 Å². The number of carbonyl (C=O) groups is 1. The molecule has 0 spiro atoms. The number of morpholine rings is 1. The molecule has 1 fully saturated rings. The molecule has 1 aliphatic rings. The lowest BCUT2D eigenvalue weighted by Gasteiger charge is -2.35. The van der Waals surface area contributed by atoms with E-state index in [1.165, 1.54) is 17.9 Å². The van der Waals surface area contributed by atoms with Gasteiger partial charge in [-0.05, 0) is 23.8 Å². The molecule has 1 aromatic heterocycles. The Kier molecular flexibility index (Phi) is 5.47. The molecule has 0 saturated carbocycles. The van der Waals surface area contributed by atoms with Crippen molar-refractivity contribution in [1.82, 2.24) is 19.9 Å². The number of halogens is 2. The van der Waals surface area contributed by atoms with Crippen molar-refractivity contribution in [2.24, 2.45) is 0 Å². The van der Waals surface area contributed by atoms with Crippen LogP contribution in [0.4, 0.5) is 5.95 Å². The smallest absolute Gasteiger partial charge is 0.248 e. The van der Waals surface area contributed by atoms with Crippen molar-refractivity contribution in [3.8, 4) is 11.4 Å². The van der Waals surface area contributed by atoms with Crippen LogP contribution in [0.2, 0.25) is 5.02 Å². The van der Waals surface area contributed by atoms with Crippen LogP contribution in [0.15, 0.2) is 36.1 Å². The average molecular weight is 380 g/mol. The fourth-order valence-corrected chi connectivity index (χ4v) is 3.03. The first-order valence-electron chi connectivity index (χ1n) is 7.49. The van der Waals surface area contributed by atoms with Gasteiger partial charge in [0.1, 0.15) is 6.33 Å². The number of carbonyl (C=O) groups excluding carboxylic acids is 1. The van der Waals surface area contributed by atoms with Crippen molar-refractivity contribution >= 4 is 35.1 Å². The summed E-state index contributed by atoms with van der Waals surface area (Å²) in [7, 11) is 0. The van der Waals surface area contributed by atoms with Crippen LogP contribution in [-0.4, -0.2) is 45.5 Å². The highest BCUT2D eigenvalue weighted by atomic mass is 35.5. The number of ether oxygens (including phenoxy) is 1. The zero-order valence-corrected chi connectivity index (χ0v) is 14.6. The monoisotopic (exact) mass is 379 g/mol. The Morgan fingerprint density at radius 3 is 2.96 bits per heavy atom. The molecule has 7 nitrogen and oxygen atoms in total. The largest absolute Gasteiger partial charge is 0.377 e. The summed E-state index contributed by atoms with van der Waals surface area (Å²) < 4.78 is 5.54. The van der Waals surface area contributed by atoms with Crippen molar-refractivity contribution in [3.63, 3.8) is 0 Å². The van der Waals surface area contributed by atoms with Gasteiger partial charge < -0.3 is 15.4 Å². The van der Waals surface area contributed by atoms with E-state index in [1.54, 1.807) is 17.0 Å². The van der Waals surface area contributed by atoms with Crippen molar-refractivity contribution < 1.29 is 9.53 Å². The average Bonchev–Trinajstić information content (AvgIpc) is 2.61. The van der Waals surface area contributed by atoms with Crippen LogP contribution in [-0.2, 0) is 9.53 Å². The number of hydrogen-bond donors (Lipinski definition) is 1. The molecular weight excluding hydrogens is 365 g/mol. The predicted octanol–water partition coefficient (Wildman–Crippen LogP) is 2.43. The summed E-state index contributed by atoms with van der Waals surface area (Å²) in [6, 6.07) is 5.10. The first-order chi connectivity index (χ1) is 12.1. The summed E-state index contributed by atoms with van der Waals surface area (Å²) in [4.78, 5) is 26.0. The second kappa shape index (κ2) is 7.77. The molecule has 2 aromatic rings. The molecule has 3 rings (SSSR count). The Morgan fingerprint density at radius 2 is 2.20 bits per heavy atom. The molecule has 25 heavy (non-hydrogen) atoms. The predicted molar refractivity (Wildman–Crippen MR) is 95.0 cm³/mol. The van der Waals surface area contributed by atoms with E-state index in [0.29, 0.717) is 36.2 Å². The molecule has 2 N–H and O–H groups in total. The minimum Gasteiger partial charge on any atom is -0.377 e. The van der Waals surface area contributed by atoms with Gasteiger partial charge in [0.05, 0.1) is 19.3 Å². The summed E-state index contributed by atoms with van der Waals surface area (Å²) in [5, 5.41) is 0.498. The molecule has 0 radical (unpaired) electrons. The number of amides is 1. The van der Waals surface area contributed by atoms with Gasteiger partial charge in [0.15, 0.2) is 5.82 Å². The maximum atomic E-state index is 12.3. The number of nitrogens with two attached hydrogens (primary N) is 1. The van der Waals surface area contributed by atoms with Gasteiger partial charge in [0.25, 0.3) is 0 Å². The van der Waals surface area contributed by atoms with Crippen LogP contribution < -0.4 is 5.73 Å². The van der Waals surface area contributed by atoms with Crippen molar-refractivity contribution in [2.45, 2.75) is 6.04 Å². The summed E-state index contributed by atoms with van der Waals surface area (Å²) in [5.74, 6) is 0.345. The lowest BCUT2D eigenvalue weighted by molar-refractivity contribution is -0.134. The highest BCUT2D eigenvalue weighted by Gasteiger charge is 2.28. The fourth-order valence-electron chi connectivity index (χ4n) is 2.68. The van der Waals surface area contributed by atoms with Crippen LogP contribution in [0, 0.1) is 0 Å². The van der Waals surface area contributed by atoms with Gasteiger partial charge in [-0.2, -0.15) is 4.98 Å². The Morgan fingerprint density at radius 1 is 1.36 bits per heavy atom. The van der Waals surface area contributed by atoms with E-state index in [2.05, 4.69) is 15.0 Å². The third kappa shape index (κ3) is 4.07. The Labute approximate surface area is 154 Å². The Hall–Kier alpha value is -2.22. The molecule has 1 aliphatic heterocycles. The number of anilines is 1. The maximum absolute atomic E-state index is 12.3. The summed E-state index contributed by atoms with van der Waals surface area (Å²) >= 11 is 11.8. The minimum atomic E-state index is -0.286. The highest BCUT2D eigenvalue weighted by Crippen LogP contribution is 2.30. The van der Waals surface area contributed by atoms with E-state index in [9.17, 15) is 4.79 Å². The van der Waals surface area contributed by atoms with Crippen molar-refractivity contribution in [3.05, 3.63) is 46.7 Å². The SMILES string of the molecule is Nc1ncnc(-c2cc(Cl)cc([C@H]3COCCN3C(=O)/C=C/Cl)c2)n1. The van der Waals surface area contributed by atoms with Gasteiger partial charge in [-0.3, -0.25) is 4.79 Å². The van der Waals surface area contributed by atoms with Crippen molar-refractivity contribution in [2.75, 3.05) is 25.5 Å². The fraction of sp³-hybridized carbons (Fsp3) is 0.250. The van der Waals surface area contributed by atoms with Gasteiger partial charge in [0.2, 0.25) is 11.9 Å². The number of nitrogens with zero attached hydrogens (tertiary/aromatic N) is 4. The van der Waals surface area contributed by atoms with E-state index in [1.807, 2.05) is 6.07 Å². The lowest BCUT2D eigenvalue weighted by atomic mass is 10.0. The van der Waals surface area contributed by atoms with Gasteiger partial charge in [-0.1, -0.05) is 23.2 Å². The van der Waals surface area contributed by atoms with Gasteiger partial charge in [-0.15, -0.1) is 0 Å². The summed E-state index contributed by atoms with van der Waals surface area (Å²) in [5.41, 5.74) is 8.32. The first kappa shape index (κ1) is 17.6. The minimum absolute atomic E-state index is 0.122. The topological polar surface area (TPSA) is 94.2 Å². The van der Waals surface area contributed by atoms with Gasteiger partial charge >= 0.3 is 0 Å². The quantitative estimate of drug-likeness (QED) is 0.822. The summed E-state index contributed by atoms with van der Waals surface area (Å²) in [6.07, 6.45) is 2.65. The zero-order valence-electron chi connectivity index (χ0n) is 13.1. The van der Waals surface area contributed by atoms with Gasteiger partial charge in [-0.25, -0.2) is 9.97 Å².